The van der Waals surface area contributed by atoms with E-state index in [4.69, 9.17) is 4.74 Å². The smallest absolute Gasteiger partial charge is 0.293 e. The quantitative estimate of drug-likeness (QED) is 0.740. The van der Waals surface area contributed by atoms with E-state index in [1.165, 1.54) is 0 Å². The zero-order valence-corrected chi connectivity index (χ0v) is 11.1. The summed E-state index contributed by atoms with van der Waals surface area (Å²) in [7, 11) is 1.59. The lowest BCUT2D eigenvalue weighted by atomic mass is 10.0. The van der Waals surface area contributed by atoms with Crippen molar-refractivity contribution in [2.24, 2.45) is 0 Å². The van der Waals surface area contributed by atoms with Crippen LogP contribution in [-0.2, 0) is 11.3 Å². The Kier molecular flexibility index (Phi) is 5.30. The second-order valence-corrected chi connectivity index (χ2v) is 4.46. The highest BCUT2D eigenvalue weighted by molar-refractivity contribution is 5.31. The van der Waals surface area contributed by atoms with E-state index in [2.05, 4.69) is 10.3 Å². The van der Waals surface area contributed by atoms with Gasteiger partial charge in [-0.15, -0.1) is 0 Å². The first-order valence-corrected chi connectivity index (χ1v) is 6.01. The van der Waals surface area contributed by atoms with Crippen molar-refractivity contribution in [1.82, 2.24) is 9.55 Å². The highest BCUT2D eigenvalue weighted by Crippen LogP contribution is 2.09. The van der Waals surface area contributed by atoms with E-state index in [0.717, 1.165) is 0 Å². The summed E-state index contributed by atoms with van der Waals surface area (Å²) in [6.07, 6.45) is 3.69. The number of anilines is 1. The van der Waals surface area contributed by atoms with Crippen LogP contribution in [-0.4, -0.2) is 40.5 Å². The predicted molar refractivity (Wildman–Crippen MR) is 69.8 cm³/mol. The predicted octanol–water partition coefficient (Wildman–Crippen LogP) is 0.463. The van der Waals surface area contributed by atoms with Gasteiger partial charge in [-0.25, -0.2) is 4.98 Å². The minimum absolute atomic E-state index is 0.178. The topological polar surface area (TPSA) is 76.4 Å². The molecule has 6 nitrogen and oxygen atoms in total. The summed E-state index contributed by atoms with van der Waals surface area (Å²) in [5.74, 6) is 0.261. The molecule has 2 N–H and O–H groups in total. The summed E-state index contributed by atoms with van der Waals surface area (Å²) in [5.41, 5.74) is -1.11. The molecule has 1 aromatic heterocycles. The van der Waals surface area contributed by atoms with Crippen LogP contribution >= 0.6 is 0 Å². The molecule has 0 saturated carbocycles. The van der Waals surface area contributed by atoms with Crippen molar-refractivity contribution in [3.05, 3.63) is 22.7 Å². The van der Waals surface area contributed by atoms with Crippen LogP contribution in [0.4, 0.5) is 5.82 Å². The third kappa shape index (κ3) is 4.12. The summed E-state index contributed by atoms with van der Waals surface area (Å²) in [6.45, 7) is 4.90. The lowest BCUT2D eigenvalue weighted by Gasteiger charge is -2.23. The molecule has 0 amide bonds. The van der Waals surface area contributed by atoms with Gasteiger partial charge in [-0.2, -0.15) is 0 Å². The molecule has 0 radical (unpaired) electrons. The van der Waals surface area contributed by atoms with Crippen molar-refractivity contribution < 1.29 is 9.84 Å². The Morgan fingerprint density at radius 2 is 2.33 bits per heavy atom. The van der Waals surface area contributed by atoms with Crippen molar-refractivity contribution in [2.75, 3.05) is 25.6 Å². The summed E-state index contributed by atoms with van der Waals surface area (Å²) in [4.78, 5) is 15.8. The fraction of sp³-hybridized carbons (Fsp3) is 0.667. The number of aromatic nitrogens is 2. The van der Waals surface area contributed by atoms with Crippen LogP contribution in [0.1, 0.15) is 20.3 Å². The van der Waals surface area contributed by atoms with E-state index in [9.17, 15) is 9.90 Å². The zero-order chi connectivity index (χ0) is 13.6. The number of nitrogens with zero attached hydrogens (tertiary/aromatic N) is 2. The summed E-state index contributed by atoms with van der Waals surface area (Å²) in [6, 6.07) is 0. The first kappa shape index (κ1) is 14.7. The molecule has 0 aliphatic carbocycles. The Morgan fingerprint density at radius 1 is 1.61 bits per heavy atom. The minimum Gasteiger partial charge on any atom is -0.388 e. The largest absolute Gasteiger partial charge is 0.388 e. The van der Waals surface area contributed by atoms with Gasteiger partial charge in [-0.3, -0.25) is 4.79 Å². The van der Waals surface area contributed by atoms with Crippen LogP contribution < -0.4 is 10.9 Å². The molecule has 0 aromatic carbocycles. The van der Waals surface area contributed by atoms with Crippen molar-refractivity contribution in [1.29, 1.82) is 0 Å². The number of hydrogen-bond acceptors (Lipinski definition) is 5. The lowest BCUT2D eigenvalue weighted by Crippen LogP contribution is -2.36. The molecular formula is C12H21N3O3. The summed E-state index contributed by atoms with van der Waals surface area (Å²) in [5, 5.41) is 12.9. The SMILES string of the molecule is CCn1ccnc(NCC(C)(O)CCOC)c1=O. The maximum atomic E-state index is 11.9. The van der Waals surface area contributed by atoms with E-state index in [0.29, 0.717) is 19.6 Å². The Balaban J connectivity index is 2.66. The Morgan fingerprint density at radius 3 is 2.94 bits per heavy atom. The monoisotopic (exact) mass is 255 g/mol. The fourth-order valence-corrected chi connectivity index (χ4v) is 1.50. The van der Waals surface area contributed by atoms with Crippen LogP contribution in [0.2, 0.25) is 0 Å². The molecule has 0 spiro atoms. The molecule has 1 unspecified atom stereocenters. The number of rotatable bonds is 7. The van der Waals surface area contributed by atoms with Gasteiger partial charge in [0.15, 0.2) is 5.82 Å². The molecule has 1 atom stereocenters. The number of ether oxygens (including phenoxy) is 1. The van der Waals surface area contributed by atoms with E-state index >= 15 is 0 Å². The number of nitrogens with one attached hydrogen (secondary N) is 1. The molecule has 102 valence electrons. The Bertz CT molecular complexity index is 429. The third-order valence-electron chi connectivity index (χ3n) is 2.74. The van der Waals surface area contributed by atoms with Gasteiger partial charge in [0.05, 0.1) is 5.60 Å². The van der Waals surface area contributed by atoms with E-state index in [1.54, 1.807) is 31.0 Å². The molecule has 18 heavy (non-hydrogen) atoms. The highest BCUT2D eigenvalue weighted by atomic mass is 16.5. The Labute approximate surface area is 107 Å². The van der Waals surface area contributed by atoms with Crippen molar-refractivity contribution >= 4 is 5.82 Å². The summed E-state index contributed by atoms with van der Waals surface area (Å²) >= 11 is 0. The average Bonchev–Trinajstić information content (AvgIpc) is 2.35. The Hall–Kier alpha value is -1.40. The first-order chi connectivity index (χ1) is 8.50. The van der Waals surface area contributed by atoms with Crippen LogP contribution in [0.5, 0.6) is 0 Å². The van der Waals surface area contributed by atoms with E-state index in [-0.39, 0.29) is 17.9 Å². The van der Waals surface area contributed by atoms with Crippen LogP contribution in [0, 0.1) is 0 Å². The van der Waals surface area contributed by atoms with Crippen LogP contribution in [0.3, 0.4) is 0 Å². The van der Waals surface area contributed by atoms with Crippen LogP contribution in [0.25, 0.3) is 0 Å². The molecule has 1 rings (SSSR count). The highest BCUT2D eigenvalue weighted by Gasteiger charge is 2.20. The van der Waals surface area contributed by atoms with Gasteiger partial charge < -0.3 is 19.7 Å². The molecule has 0 fully saturated rings. The normalized spacial score (nSPS) is 14.2. The number of aliphatic hydroxyl groups is 1. The average molecular weight is 255 g/mol. The molecule has 0 aliphatic heterocycles. The maximum Gasteiger partial charge on any atom is 0.293 e. The van der Waals surface area contributed by atoms with Crippen molar-refractivity contribution in [3.8, 4) is 0 Å². The molecular weight excluding hydrogens is 234 g/mol. The third-order valence-corrected chi connectivity index (χ3v) is 2.74. The molecule has 0 bridgehead atoms. The second kappa shape index (κ2) is 6.51. The van der Waals surface area contributed by atoms with Crippen LogP contribution in [0.15, 0.2) is 17.2 Å². The number of hydrogen-bond donors (Lipinski definition) is 2. The van der Waals surface area contributed by atoms with Crippen molar-refractivity contribution in [2.45, 2.75) is 32.4 Å². The van der Waals surface area contributed by atoms with E-state index < -0.39 is 5.60 Å². The van der Waals surface area contributed by atoms with Gasteiger partial charge in [0.1, 0.15) is 0 Å². The fourth-order valence-electron chi connectivity index (χ4n) is 1.50. The van der Waals surface area contributed by atoms with Gasteiger partial charge in [0, 0.05) is 45.6 Å². The van der Waals surface area contributed by atoms with Gasteiger partial charge >= 0.3 is 0 Å². The summed E-state index contributed by atoms with van der Waals surface area (Å²) < 4.78 is 6.48. The van der Waals surface area contributed by atoms with Gasteiger partial charge in [-0.05, 0) is 13.8 Å². The van der Waals surface area contributed by atoms with Gasteiger partial charge in [0.25, 0.3) is 5.56 Å². The zero-order valence-electron chi connectivity index (χ0n) is 11.1. The van der Waals surface area contributed by atoms with Gasteiger partial charge in [-0.1, -0.05) is 0 Å². The molecule has 1 aromatic rings. The number of aryl methyl sites for hydroxylation is 1. The second-order valence-electron chi connectivity index (χ2n) is 4.46. The van der Waals surface area contributed by atoms with E-state index in [1.807, 2.05) is 6.92 Å². The molecule has 6 heteroatoms. The molecule has 0 aliphatic rings. The molecule has 0 saturated heterocycles. The first-order valence-electron chi connectivity index (χ1n) is 6.01. The minimum atomic E-state index is -0.934. The lowest BCUT2D eigenvalue weighted by molar-refractivity contribution is 0.0356. The standard InChI is InChI=1S/C12H21N3O3/c1-4-15-7-6-13-10(11(15)16)14-9-12(2,17)5-8-18-3/h6-7,17H,4-5,8-9H2,1-3H3,(H,13,14). The maximum absolute atomic E-state index is 11.9. The van der Waals surface area contributed by atoms with Gasteiger partial charge in [0.2, 0.25) is 0 Å². The number of methoxy groups -OCH3 is 1. The van der Waals surface area contributed by atoms with Crippen molar-refractivity contribution in [3.63, 3.8) is 0 Å². The molecule has 1 heterocycles.